The van der Waals surface area contributed by atoms with Crippen LogP contribution in [-0.2, 0) is 11.3 Å². The van der Waals surface area contributed by atoms with Crippen LogP contribution in [0.5, 0.6) is 5.75 Å². The summed E-state index contributed by atoms with van der Waals surface area (Å²) in [7, 11) is 0. The fraction of sp³-hybridized carbons (Fsp3) is 0.400. The van der Waals surface area contributed by atoms with Gasteiger partial charge in [0.25, 0.3) is 5.91 Å². The van der Waals surface area contributed by atoms with Gasteiger partial charge in [0.1, 0.15) is 11.8 Å². The number of likely N-dealkylation sites (N-methyl/N-ethyl adjacent to an activating group) is 1. The number of phenolic OH excluding ortho intramolecular Hbond substituents is 1. The second kappa shape index (κ2) is 7.53. The minimum Gasteiger partial charge on any atom is -0.508 e. The van der Waals surface area contributed by atoms with Crippen molar-refractivity contribution in [3.05, 3.63) is 35.2 Å². The van der Waals surface area contributed by atoms with E-state index in [-0.39, 0.29) is 18.2 Å². The highest BCUT2D eigenvalue weighted by Gasteiger charge is 2.23. The molecule has 0 aliphatic heterocycles. The molecule has 9 nitrogen and oxygen atoms in total. The van der Waals surface area contributed by atoms with Crippen molar-refractivity contribution < 1.29 is 14.7 Å². The average molecular weight is 332 g/mol. The zero-order valence-electron chi connectivity index (χ0n) is 13.8. The van der Waals surface area contributed by atoms with Crippen molar-refractivity contribution in [1.29, 1.82) is 0 Å². The lowest BCUT2D eigenvalue weighted by Gasteiger charge is -2.23. The Morgan fingerprint density at radius 2 is 2.17 bits per heavy atom. The molecule has 0 saturated carbocycles. The molecule has 0 bridgehead atoms. The molecule has 1 atom stereocenters. The van der Waals surface area contributed by atoms with Gasteiger partial charge in [0, 0.05) is 12.1 Å². The first-order chi connectivity index (χ1) is 11.4. The number of carbonyl (C=O) groups is 2. The molecule has 3 N–H and O–H groups in total. The maximum Gasteiger partial charge on any atom is 0.252 e. The van der Waals surface area contributed by atoms with Crippen LogP contribution in [0.25, 0.3) is 0 Å². The van der Waals surface area contributed by atoms with E-state index in [1.54, 1.807) is 26.0 Å². The van der Waals surface area contributed by atoms with Crippen LogP contribution in [0.1, 0.15) is 35.6 Å². The van der Waals surface area contributed by atoms with Crippen molar-refractivity contribution in [2.75, 3.05) is 6.54 Å². The van der Waals surface area contributed by atoms with Crippen molar-refractivity contribution in [1.82, 2.24) is 30.8 Å². The van der Waals surface area contributed by atoms with Gasteiger partial charge in [-0.05, 0) is 38.5 Å². The highest BCUT2D eigenvalue weighted by molar-refractivity contribution is 5.97. The van der Waals surface area contributed by atoms with Crippen molar-refractivity contribution in [2.24, 2.45) is 0 Å². The fourth-order valence-electron chi connectivity index (χ4n) is 2.13. The first-order valence-electron chi connectivity index (χ1n) is 7.54. The number of aromatic hydroxyl groups is 1. The Kier molecular flexibility index (Phi) is 5.46. The lowest BCUT2D eigenvalue weighted by Crippen LogP contribution is -2.46. The lowest BCUT2D eigenvalue weighted by molar-refractivity contribution is -0.133. The van der Waals surface area contributed by atoms with Gasteiger partial charge in [-0.2, -0.15) is 5.21 Å². The highest BCUT2D eigenvalue weighted by Crippen LogP contribution is 2.17. The van der Waals surface area contributed by atoms with Gasteiger partial charge in [0.05, 0.1) is 6.54 Å². The molecule has 1 unspecified atom stereocenters. The van der Waals surface area contributed by atoms with Gasteiger partial charge in [-0.1, -0.05) is 11.3 Å². The Labute approximate surface area is 139 Å². The Morgan fingerprint density at radius 1 is 1.42 bits per heavy atom. The summed E-state index contributed by atoms with van der Waals surface area (Å²) in [6.07, 6.45) is 0. The number of H-pyrrole nitrogens is 1. The van der Waals surface area contributed by atoms with Crippen LogP contribution < -0.4 is 5.32 Å². The summed E-state index contributed by atoms with van der Waals surface area (Å²) in [5.74, 6) is -0.255. The summed E-state index contributed by atoms with van der Waals surface area (Å²) in [6, 6.07) is 3.88. The SMILES string of the molecule is CCN(Cc1nn[nH]n1)C(=O)C(C)NC(=O)c1ccc(C)c(O)c1. The summed E-state index contributed by atoms with van der Waals surface area (Å²) in [5.41, 5.74) is 0.965. The molecule has 24 heavy (non-hydrogen) atoms. The largest absolute Gasteiger partial charge is 0.508 e. The zero-order valence-corrected chi connectivity index (χ0v) is 13.8. The molecule has 2 rings (SSSR count). The highest BCUT2D eigenvalue weighted by atomic mass is 16.3. The summed E-state index contributed by atoms with van der Waals surface area (Å²) in [6.45, 7) is 5.81. The van der Waals surface area contributed by atoms with Crippen LogP contribution in [0, 0.1) is 6.92 Å². The van der Waals surface area contributed by atoms with Gasteiger partial charge >= 0.3 is 0 Å². The third kappa shape index (κ3) is 4.06. The van der Waals surface area contributed by atoms with Crippen LogP contribution in [-0.4, -0.2) is 55.0 Å². The molecule has 0 saturated heterocycles. The van der Waals surface area contributed by atoms with E-state index in [9.17, 15) is 14.7 Å². The Bertz CT molecular complexity index is 716. The molecule has 0 aliphatic rings. The first kappa shape index (κ1) is 17.4. The van der Waals surface area contributed by atoms with E-state index in [4.69, 9.17) is 0 Å². The second-order valence-corrected chi connectivity index (χ2v) is 5.38. The number of nitrogens with zero attached hydrogens (tertiary/aromatic N) is 4. The quantitative estimate of drug-likeness (QED) is 0.702. The van der Waals surface area contributed by atoms with Crippen LogP contribution in [0.4, 0.5) is 0 Å². The summed E-state index contributed by atoms with van der Waals surface area (Å²) >= 11 is 0. The zero-order chi connectivity index (χ0) is 17.7. The molecule has 0 fully saturated rings. The van der Waals surface area contributed by atoms with Crippen LogP contribution in [0.3, 0.4) is 0 Å². The smallest absolute Gasteiger partial charge is 0.252 e. The molecule has 1 aromatic carbocycles. The summed E-state index contributed by atoms with van der Waals surface area (Å²) in [5, 5.41) is 25.7. The van der Waals surface area contributed by atoms with Gasteiger partial charge in [-0.15, -0.1) is 10.2 Å². The number of aryl methyl sites for hydroxylation is 1. The number of rotatable bonds is 6. The van der Waals surface area contributed by atoms with Crippen molar-refractivity contribution in [3.63, 3.8) is 0 Å². The Morgan fingerprint density at radius 3 is 2.75 bits per heavy atom. The minimum absolute atomic E-state index is 0.0360. The van der Waals surface area contributed by atoms with E-state index in [0.717, 1.165) is 0 Å². The van der Waals surface area contributed by atoms with Crippen molar-refractivity contribution >= 4 is 11.8 Å². The monoisotopic (exact) mass is 332 g/mol. The van der Waals surface area contributed by atoms with E-state index >= 15 is 0 Å². The third-order valence-corrected chi connectivity index (χ3v) is 3.60. The van der Waals surface area contributed by atoms with Crippen molar-refractivity contribution in [3.8, 4) is 5.75 Å². The summed E-state index contributed by atoms with van der Waals surface area (Å²) < 4.78 is 0. The van der Waals surface area contributed by atoms with Gasteiger partial charge in [0.15, 0.2) is 5.82 Å². The number of benzene rings is 1. The second-order valence-electron chi connectivity index (χ2n) is 5.38. The molecule has 2 amide bonds. The van der Waals surface area contributed by atoms with Crippen LogP contribution in [0.2, 0.25) is 0 Å². The number of aromatic nitrogens is 4. The van der Waals surface area contributed by atoms with E-state index in [1.165, 1.54) is 11.0 Å². The minimum atomic E-state index is -0.729. The van der Waals surface area contributed by atoms with Crippen molar-refractivity contribution in [2.45, 2.75) is 33.4 Å². The molecule has 1 aromatic heterocycles. The number of amides is 2. The maximum atomic E-state index is 12.5. The molecule has 0 radical (unpaired) electrons. The van der Waals surface area contributed by atoms with Gasteiger partial charge in [-0.3, -0.25) is 9.59 Å². The van der Waals surface area contributed by atoms with Gasteiger partial charge in [-0.25, -0.2) is 0 Å². The maximum absolute atomic E-state index is 12.5. The number of hydrogen-bond acceptors (Lipinski definition) is 6. The van der Waals surface area contributed by atoms with E-state index in [2.05, 4.69) is 25.9 Å². The molecular formula is C15H20N6O3. The number of hydrogen-bond donors (Lipinski definition) is 3. The molecule has 9 heteroatoms. The topological polar surface area (TPSA) is 124 Å². The van der Waals surface area contributed by atoms with E-state index in [0.29, 0.717) is 23.5 Å². The average Bonchev–Trinajstić information content (AvgIpc) is 3.07. The Hall–Kier alpha value is -2.97. The summed E-state index contributed by atoms with van der Waals surface area (Å²) in [4.78, 5) is 26.2. The third-order valence-electron chi connectivity index (χ3n) is 3.60. The number of nitrogens with one attached hydrogen (secondary N) is 2. The molecule has 2 aromatic rings. The lowest BCUT2D eigenvalue weighted by atomic mass is 10.1. The number of phenols is 1. The normalized spacial score (nSPS) is 11.8. The number of tetrazole rings is 1. The van der Waals surface area contributed by atoms with Gasteiger partial charge in [0.2, 0.25) is 5.91 Å². The predicted octanol–water partition coefficient (Wildman–Crippen LogP) is 0.381. The molecule has 0 spiro atoms. The molecule has 0 aliphatic carbocycles. The van der Waals surface area contributed by atoms with Crippen LogP contribution in [0.15, 0.2) is 18.2 Å². The molecule has 1 heterocycles. The number of carbonyl (C=O) groups excluding carboxylic acids is 2. The Balaban J connectivity index is 2.01. The first-order valence-corrected chi connectivity index (χ1v) is 7.54. The van der Waals surface area contributed by atoms with Gasteiger partial charge < -0.3 is 15.3 Å². The fourth-order valence-corrected chi connectivity index (χ4v) is 2.13. The van der Waals surface area contributed by atoms with E-state index < -0.39 is 11.9 Å². The standard InChI is InChI=1S/C15H20N6O3/c1-4-21(8-13-17-19-20-18-13)15(24)10(3)16-14(23)11-6-5-9(2)12(22)7-11/h5-7,10,22H,4,8H2,1-3H3,(H,16,23)(H,17,18,19,20). The predicted molar refractivity (Wildman–Crippen MR) is 85.0 cm³/mol. The van der Waals surface area contributed by atoms with Crippen LogP contribution >= 0.6 is 0 Å². The molecular weight excluding hydrogens is 312 g/mol. The van der Waals surface area contributed by atoms with E-state index in [1.807, 2.05) is 6.92 Å². The molecule has 128 valence electrons. The number of aromatic amines is 1.